The van der Waals surface area contributed by atoms with Gasteiger partial charge in [0.2, 0.25) is 0 Å². The van der Waals surface area contributed by atoms with Crippen LogP contribution < -0.4 is 15.4 Å². The number of hydrogen-bond acceptors (Lipinski definition) is 5. The highest BCUT2D eigenvalue weighted by atomic mass is 35.5. The van der Waals surface area contributed by atoms with Crippen molar-refractivity contribution in [3.8, 4) is 5.75 Å². The highest BCUT2D eigenvalue weighted by Crippen LogP contribution is 2.20. The van der Waals surface area contributed by atoms with Crippen LogP contribution in [0.1, 0.15) is 34.2 Å². The van der Waals surface area contributed by atoms with E-state index in [0.29, 0.717) is 22.9 Å². The van der Waals surface area contributed by atoms with Crippen molar-refractivity contribution in [3.63, 3.8) is 0 Å². The summed E-state index contributed by atoms with van der Waals surface area (Å²) < 4.78 is 5.10. The van der Waals surface area contributed by atoms with Crippen molar-refractivity contribution in [2.45, 2.75) is 19.3 Å². The highest BCUT2D eigenvalue weighted by molar-refractivity contribution is 6.04. The fraction of sp³-hybridized carbons (Fsp3) is 0.353. The highest BCUT2D eigenvalue weighted by Gasteiger charge is 2.21. The minimum Gasteiger partial charge on any atom is -0.497 e. The number of methoxy groups -OCH3 is 1. The molecular weight excluding hydrogens is 328 g/mol. The van der Waals surface area contributed by atoms with Crippen LogP contribution in [0.2, 0.25) is 0 Å². The zero-order valence-corrected chi connectivity index (χ0v) is 14.5. The number of amides is 1. The maximum atomic E-state index is 12.4. The number of aromatic nitrogens is 2. The molecular formula is C17H21ClN4O2. The number of benzene rings is 1. The average molecular weight is 349 g/mol. The molecule has 1 unspecified atom stereocenters. The smallest absolute Gasteiger partial charge is 0.259 e. The maximum absolute atomic E-state index is 12.4. The second kappa shape index (κ2) is 8.08. The first-order chi connectivity index (χ1) is 11.2. The summed E-state index contributed by atoms with van der Waals surface area (Å²) >= 11 is 0. The average Bonchev–Trinajstić information content (AvgIpc) is 3.10. The Kier molecular flexibility index (Phi) is 6.11. The third-order valence-electron chi connectivity index (χ3n) is 4.02. The molecule has 0 bridgehead atoms. The molecule has 0 radical (unpaired) electrons. The van der Waals surface area contributed by atoms with Crippen LogP contribution in [-0.2, 0) is 0 Å². The number of nitrogens with one attached hydrogen (secondary N) is 2. The van der Waals surface area contributed by atoms with Crippen LogP contribution >= 0.6 is 12.4 Å². The molecule has 7 heteroatoms. The van der Waals surface area contributed by atoms with Gasteiger partial charge < -0.3 is 15.4 Å². The van der Waals surface area contributed by atoms with Gasteiger partial charge >= 0.3 is 0 Å². The largest absolute Gasteiger partial charge is 0.497 e. The Labute approximate surface area is 147 Å². The molecule has 1 aromatic heterocycles. The summed E-state index contributed by atoms with van der Waals surface area (Å²) in [6, 6.07) is 7.20. The summed E-state index contributed by atoms with van der Waals surface area (Å²) in [4.78, 5) is 21.3. The van der Waals surface area contributed by atoms with Crippen LogP contribution in [0.3, 0.4) is 0 Å². The third-order valence-corrected chi connectivity index (χ3v) is 4.02. The van der Waals surface area contributed by atoms with Crippen LogP contribution in [0.4, 0.5) is 5.69 Å². The molecule has 24 heavy (non-hydrogen) atoms. The zero-order chi connectivity index (χ0) is 16.2. The molecule has 2 heterocycles. The summed E-state index contributed by atoms with van der Waals surface area (Å²) in [5.74, 6) is 1.70. The summed E-state index contributed by atoms with van der Waals surface area (Å²) in [6.45, 7) is 3.74. The lowest BCUT2D eigenvalue weighted by molar-refractivity contribution is 0.102. The molecule has 1 aromatic carbocycles. The minimum absolute atomic E-state index is 0. The Morgan fingerprint density at radius 1 is 1.33 bits per heavy atom. The lowest BCUT2D eigenvalue weighted by Crippen LogP contribution is -2.17. The van der Waals surface area contributed by atoms with Crippen molar-refractivity contribution in [1.29, 1.82) is 0 Å². The normalized spacial score (nSPS) is 16.3. The quantitative estimate of drug-likeness (QED) is 0.888. The van der Waals surface area contributed by atoms with E-state index >= 15 is 0 Å². The molecule has 1 fully saturated rings. The van der Waals surface area contributed by atoms with Crippen LogP contribution in [-0.4, -0.2) is 36.1 Å². The van der Waals surface area contributed by atoms with E-state index < -0.39 is 0 Å². The van der Waals surface area contributed by atoms with E-state index in [9.17, 15) is 4.79 Å². The number of carbonyl (C=O) groups is 1. The van der Waals surface area contributed by atoms with Gasteiger partial charge in [-0.2, -0.15) is 0 Å². The molecule has 1 amide bonds. The molecule has 2 aromatic rings. The van der Waals surface area contributed by atoms with E-state index in [0.717, 1.165) is 31.1 Å². The van der Waals surface area contributed by atoms with E-state index in [1.54, 1.807) is 37.6 Å². The van der Waals surface area contributed by atoms with Crippen LogP contribution in [0.15, 0.2) is 30.5 Å². The number of carbonyl (C=O) groups excluding carboxylic acids is 1. The van der Waals surface area contributed by atoms with E-state index in [-0.39, 0.29) is 18.3 Å². The van der Waals surface area contributed by atoms with Crippen LogP contribution in [0.5, 0.6) is 5.75 Å². The van der Waals surface area contributed by atoms with Crippen molar-refractivity contribution >= 4 is 24.0 Å². The third kappa shape index (κ3) is 4.01. The van der Waals surface area contributed by atoms with Gasteiger partial charge in [-0.05, 0) is 44.2 Å². The van der Waals surface area contributed by atoms with Crippen molar-refractivity contribution in [2.24, 2.45) is 0 Å². The molecule has 2 N–H and O–H groups in total. The predicted molar refractivity (Wildman–Crippen MR) is 95.2 cm³/mol. The topological polar surface area (TPSA) is 76.1 Å². The second-order valence-corrected chi connectivity index (χ2v) is 5.60. The van der Waals surface area contributed by atoms with Crippen molar-refractivity contribution in [1.82, 2.24) is 15.3 Å². The molecule has 1 saturated heterocycles. The summed E-state index contributed by atoms with van der Waals surface area (Å²) in [5.41, 5.74) is 1.91. The van der Waals surface area contributed by atoms with Gasteiger partial charge in [-0.25, -0.2) is 9.97 Å². The number of rotatable bonds is 4. The van der Waals surface area contributed by atoms with Crippen molar-refractivity contribution in [2.75, 3.05) is 25.5 Å². The number of hydrogen-bond donors (Lipinski definition) is 2. The number of aryl methyl sites for hydroxylation is 1. The number of halogens is 1. The molecule has 0 saturated carbocycles. The SMILES string of the molecule is COc1ccc(NC(=O)c2cnc(C3CCNC3)nc2C)cc1.Cl. The van der Waals surface area contributed by atoms with Gasteiger partial charge in [0.25, 0.3) is 5.91 Å². The Bertz CT molecular complexity index is 700. The first kappa shape index (κ1) is 18.2. The molecule has 1 aliphatic heterocycles. The fourth-order valence-electron chi connectivity index (χ4n) is 2.65. The molecule has 6 nitrogen and oxygen atoms in total. The van der Waals surface area contributed by atoms with Gasteiger partial charge in [0, 0.05) is 24.3 Å². The van der Waals surface area contributed by atoms with E-state index in [4.69, 9.17) is 4.74 Å². The lowest BCUT2D eigenvalue weighted by Gasteiger charge is -2.11. The zero-order valence-electron chi connectivity index (χ0n) is 13.7. The molecule has 3 rings (SSSR count). The fourth-order valence-corrected chi connectivity index (χ4v) is 2.65. The lowest BCUT2D eigenvalue weighted by atomic mass is 10.1. The van der Waals surface area contributed by atoms with Crippen LogP contribution in [0, 0.1) is 6.92 Å². The Morgan fingerprint density at radius 3 is 2.67 bits per heavy atom. The van der Waals surface area contributed by atoms with Crippen molar-refractivity contribution < 1.29 is 9.53 Å². The van der Waals surface area contributed by atoms with Gasteiger partial charge in [-0.3, -0.25) is 4.79 Å². The Hall–Kier alpha value is -2.18. The Morgan fingerprint density at radius 2 is 2.08 bits per heavy atom. The number of ether oxygens (including phenoxy) is 1. The molecule has 0 spiro atoms. The van der Waals surface area contributed by atoms with Crippen molar-refractivity contribution in [3.05, 3.63) is 47.5 Å². The van der Waals surface area contributed by atoms with E-state index in [1.165, 1.54) is 0 Å². The van der Waals surface area contributed by atoms with Crippen LogP contribution in [0.25, 0.3) is 0 Å². The number of anilines is 1. The van der Waals surface area contributed by atoms with Gasteiger partial charge in [0.05, 0.1) is 18.4 Å². The monoisotopic (exact) mass is 348 g/mol. The maximum Gasteiger partial charge on any atom is 0.259 e. The molecule has 1 aliphatic rings. The number of nitrogens with zero attached hydrogens (tertiary/aromatic N) is 2. The molecule has 128 valence electrons. The first-order valence-electron chi connectivity index (χ1n) is 7.67. The minimum atomic E-state index is -0.205. The van der Waals surface area contributed by atoms with Gasteiger partial charge in [-0.1, -0.05) is 0 Å². The predicted octanol–water partition coefficient (Wildman–Crippen LogP) is 2.54. The second-order valence-electron chi connectivity index (χ2n) is 5.60. The Balaban J connectivity index is 0.00000208. The van der Waals surface area contributed by atoms with Gasteiger partial charge in [0.15, 0.2) is 0 Å². The summed E-state index contributed by atoms with van der Waals surface area (Å²) in [6.07, 6.45) is 2.66. The van der Waals surface area contributed by atoms with Gasteiger partial charge in [-0.15, -0.1) is 12.4 Å². The molecule has 1 atom stereocenters. The summed E-state index contributed by atoms with van der Waals surface area (Å²) in [7, 11) is 1.61. The molecule has 0 aliphatic carbocycles. The van der Waals surface area contributed by atoms with E-state index in [2.05, 4.69) is 20.6 Å². The standard InChI is InChI=1S/C17H20N4O2.ClH/c1-11-15(10-19-16(20-11)12-7-8-18-9-12)17(22)21-13-3-5-14(23-2)6-4-13;/h3-6,10,12,18H,7-9H2,1-2H3,(H,21,22);1H. The van der Waals surface area contributed by atoms with Gasteiger partial charge in [0.1, 0.15) is 11.6 Å². The van der Waals surface area contributed by atoms with E-state index in [1.807, 2.05) is 6.92 Å². The first-order valence-corrected chi connectivity index (χ1v) is 7.67. The summed E-state index contributed by atoms with van der Waals surface area (Å²) in [5, 5.41) is 6.15.